The summed E-state index contributed by atoms with van der Waals surface area (Å²) >= 11 is 0. The van der Waals surface area contributed by atoms with Gasteiger partial charge in [0.15, 0.2) is 0 Å². The maximum atomic E-state index is 12.8. The fourth-order valence-electron chi connectivity index (χ4n) is 2.47. The molecule has 0 saturated carbocycles. The summed E-state index contributed by atoms with van der Waals surface area (Å²) in [7, 11) is 1.70. The van der Waals surface area contributed by atoms with Crippen LogP contribution in [0.25, 0.3) is 5.65 Å². The van der Waals surface area contributed by atoms with Crippen LogP contribution in [0.2, 0.25) is 0 Å². The lowest BCUT2D eigenvalue weighted by atomic mass is 10.3. The number of halogens is 1. The number of carbonyl (C=O) groups is 1. The second-order valence-corrected chi connectivity index (χ2v) is 5.90. The number of benzene rings is 1. The van der Waals surface area contributed by atoms with Crippen molar-refractivity contribution in [1.29, 1.82) is 0 Å². The molecule has 2 amide bonds. The Morgan fingerprint density at radius 2 is 2.08 bits per heavy atom. The minimum Gasteiger partial charge on any atom is -0.492 e. The van der Waals surface area contributed by atoms with Gasteiger partial charge >= 0.3 is 6.03 Å². The topological polar surface area (TPSA) is 58.9 Å². The van der Waals surface area contributed by atoms with Gasteiger partial charge in [0.05, 0.1) is 12.2 Å². The summed E-state index contributed by atoms with van der Waals surface area (Å²) in [5.41, 5.74) is 1.82. The van der Waals surface area contributed by atoms with Gasteiger partial charge in [0, 0.05) is 32.4 Å². The van der Waals surface area contributed by atoms with Crippen molar-refractivity contribution in [2.24, 2.45) is 0 Å². The molecule has 6 nitrogen and oxygen atoms in total. The number of pyridine rings is 1. The Balaban J connectivity index is 1.37. The van der Waals surface area contributed by atoms with Gasteiger partial charge < -0.3 is 19.4 Å². The Bertz CT molecular complexity index is 830. The molecule has 2 heterocycles. The molecule has 136 valence electrons. The molecule has 1 N–H and O–H groups in total. The first-order valence-corrected chi connectivity index (χ1v) is 8.42. The minimum absolute atomic E-state index is 0.170. The number of carbonyl (C=O) groups excluding carboxylic acids is 1. The molecular weight excluding hydrogens is 335 g/mol. The van der Waals surface area contributed by atoms with E-state index in [1.54, 1.807) is 24.1 Å². The summed E-state index contributed by atoms with van der Waals surface area (Å²) in [6, 6.07) is 11.5. The van der Waals surface area contributed by atoms with Crippen LogP contribution >= 0.6 is 0 Å². The molecular formula is C19H21FN4O2. The molecule has 0 saturated heterocycles. The van der Waals surface area contributed by atoms with Crippen molar-refractivity contribution in [3.05, 3.63) is 66.4 Å². The third-order valence-corrected chi connectivity index (χ3v) is 3.93. The van der Waals surface area contributed by atoms with Crippen LogP contribution in [0, 0.1) is 5.82 Å². The number of urea groups is 1. The Hall–Kier alpha value is -3.09. The van der Waals surface area contributed by atoms with Crippen LogP contribution in [-0.4, -0.2) is 47.1 Å². The second kappa shape index (κ2) is 8.33. The summed E-state index contributed by atoms with van der Waals surface area (Å²) in [5.74, 6) is 0.270. The summed E-state index contributed by atoms with van der Waals surface area (Å²) in [4.78, 5) is 18.1. The lowest BCUT2D eigenvalue weighted by Crippen LogP contribution is -2.40. The molecule has 3 aromatic rings. The molecule has 26 heavy (non-hydrogen) atoms. The minimum atomic E-state index is -0.306. The summed E-state index contributed by atoms with van der Waals surface area (Å²) < 4.78 is 20.3. The summed E-state index contributed by atoms with van der Waals surface area (Å²) in [6.07, 6.45) is 4.56. The van der Waals surface area contributed by atoms with E-state index in [0.29, 0.717) is 31.9 Å². The third kappa shape index (κ3) is 4.72. The molecule has 1 aromatic carbocycles. The van der Waals surface area contributed by atoms with Gasteiger partial charge in [-0.05, 0) is 36.4 Å². The Morgan fingerprint density at radius 1 is 1.27 bits per heavy atom. The lowest BCUT2D eigenvalue weighted by molar-refractivity contribution is 0.195. The quantitative estimate of drug-likeness (QED) is 0.708. The zero-order chi connectivity index (χ0) is 18.4. The van der Waals surface area contributed by atoms with Crippen molar-refractivity contribution in [3.8, 4) is 5.75 Å². The number of aromatic nitrogens is 2. The molecule has 7 heteroatoms. The standard InChI is InChI=1S/C19H21FN4O2/c1-23(12-13-26-17-7-5-15(20)6-8-17)19(25)21-10-9-16-14-24-11-3-2-4-18(24)22-16/h2-8,11,14H,9-10,12-13H2,1H3,(H,21,25). The molecule has 0 unspecified atom stereocenters. The zero-order valence-electron chi connectivity index (χ0n) is 14.6. The van der Waals surface area contributed by atoms with Crippen molar-refractivity contribution in [3.63, 3.8) is 0 Å². The van der Waals surface area contributed by atoms with Gasteiger partial charge in [-0.2, -0.15) is 0 Å². The number of hydrogen-bond acceptors (Lipinski definition) is 3. The van der Waals surface area contributed by atoms with E-state index in [9.17, 15) is 9.18 Å². The van der Waals surface area contributed by atoms with Crippen LogP contribution in [0.15, 0.2) is 54.9 Å². The van der Waals surface area contributed by atoms with Gasteiger partial charge in [-0.15, -0.1) is 0 Å². The molecule has 0 fully saturated rings. The lowest BCUT2D eigenvalue weighted by Gasteiger charge is -2.18. The first-order chi connectivity index (χ1) is 12.6. The average molecular weight is 356 g/mol. The molecule has 0 aliphatic rings. The SMILES string of the molecule is CN(CCOc1ccc(F)cc1)C(=O)NCCc1cn2ccccc2n1. The smallest absolute Gasteiger partial charge is 0.317 e. The molecule has 0 radical (unpaired) electrons. The molecule has 0 aliphatic heterocycles. The molecule has 3 rings (SSSR count). The first-order valence-electron chi connectivity index (χ1n) is 8.42. The molecule has 2 aromatic heterocycles. The number of nitrogens with zero attached hydrogens (tertiary/aromatic N) is 3. The number of fused-ring (bicyclic) bond motifs is 1. The van der Waals surface area contributed by atoms with Gasteiger partial charge in [0.1, 0.15) is 23.8 Å². The van der Waals surface area contributed by atoms with Crippen molar-refractivity contribution in [1.82, 2.24) is 19.6 Å². The maximum absolute atomic E-state index is 12.8. The fourth-order valence-corrected chi connectivity index (χ4v) is 2.47. The number of hydrogen-bond donors (Lipinski definition) is 1. The monoisotopic (exact) mass is 356 g/mol. The largest absolute Gasteiger partial charge is 0.492 e. The van der Waals surface area contributed by atoms with Crippen LogP contribution in [0.5, 0.6) is 5.75 Å². The Morgan fingerprint density at radius 3 is 2.85 bits per heavy atom. The number of rotatable bonds is 7. The van der Waals surface area contributed by atoms with Crippen LogP contribution in [0.1, 0.15) is 5.69 Å². The van der Waals surface area contributed by atoms with Gasteiger partial charge in [0.25, 0.3) is 0 Å². The summed E-state index contributed by atoms with van der Waals surface area (Å²) in [5, 5.41) is 2.86. The fraction of sp³-hybridized carbons (Fsp3) is 0.263. The van der Waals surface area contributed by atoms with E-state index in [2.05, 4.69) is 10.3 Å². The van der Waals surface area contributed by atoms with Crippen LogP contribution in [0.4, 0.5) is 9.18 Å². The van der Waals surface area contributed by atoms with Crippen LogP contribution in [0.3, 0.4) is 0 Å². The normalized spacial score (nSPS) is 10.7. The van der Waals surface area contributed by atoms with Crippen molar-refractivity contribution < 1.29 is 13.9 Å². The van der Waals surface area contributed by atoms with Gasteiger partial charge in [-0.1, -0.05) is 6.07 Å². The van der Waals surface area contributed by atoms with Crippen molar-refractivity contribution >= 4 is 11.7 Å². The average Bonchev–Trinajstić information content (AvgIpc) is 3.06. The van der Waals surface area contributed by atoms with E-state index >= 15 is 0 Å². The predicted octanol–water partition coefficient (Wildman–Crippen LogP) is 2.74. The van der Waals surface area contributed by atoms with E-state index in [0.717, 1.165) is 11.3 Å². The van der Waals surface area contributed by atoms with Gasteiger partial charge in [-0.25, -0.2) is 14.2 Å². The number of amides is 2. The molecule has 0 spiro atoms. The highest BCUT2D eigenvalue weighted by atomic mass is 19.1. The molecule has 0 aliphatic carbocycles. The van der Waals surface area contributed by atoms with Crippen LogP contribution in [-0.2, 0) is 6.42 Å². The zero-order valence-corrected chi connectivity index (χ0v) is 14.6. The Kier molecular flexibility index (Phi) is 5.68. The van der Waals surface area contributed by atoms with Crippen molar-refractivity contribution in [2.45, 2.75) is 6.42 Å². The van der Waals surface area contributed by atoms with E-state index in [1.807, 2.05) is 35.0 Å². The highest BCUT2D eigenvalue weighted by molar-refractivity contribution is 5.73. The molecule has 0 bridgehead atoms. The predicted molar refractivity (Wildman–Crippen MR) is 96.8 cm³/mol. The second-order valence-electron chi connectivity index (χ2n) is 5.90. The van der Waals surface area contributed by atoms with Gasteiger partial charge in [-0.3, -0.25) is 0 Å². The Labute approximate surface area is 151 Å². The number of nitrogens with one attached hydrogen (secondary N) is 1. The van der Waals surface area contributed by atoms with E-state index in [4.69, 9.17) is 4.74 Å². The first kappa shape index (κ1) is 17.7. The van der Waals surface area contributed by atoms with E-state index in [-0.39, 0.29) is 11.8 Å². The molecule has 0 atom stereocenters. The summed E-state index contributed by atoms with van der Waals surface area (Å²) in [6.45, 7) is 1.27. The highest BCUT2D eigenvalue weighted by Crippen LogP contribution is 2.10. The van der Waals surface area contributed by atoms with Crippen molar-refractivity contribution in [2.75, 3.05) is 26.7 Å². The van der Waals surface area contributed by atoms with Gasteiger partial charge in [0.2, 0.25) is 0 Å². The maximum Gasteiger partial charge on any atom is 0.317 e. The number of imidazole rings is 1. The van der Waals surface area contributed by atoms with E-state index in [1.165, 1.54) is 12.1 Å². The number of ether oxygens (including phenoxy) is 1. The number of likely N-dealkylation sites (N-methyl/N-ethyl adjacent to an activating group) is 1. The van der Waals surface area contributed by atoms with E-state index < -0.39 is 0 Å². The van der Waals surface area contributed by atoms with Crippen LogP contribution < -0.4 is 10.1 Å². The third-order valence-electron chi connectivity index (χ3n) is 3.93. The highest BCUT2D eigenvalue weighted by Gasteiger charge is 2.08.